The van der Waals surface area contributed by atoms with Crippen LogP contribution in [0.4, 0.5) is 0 Å². The molecule has 0 bridgehead atoms. The smallest absolute Gasteiger partial charge is 0.239 e. The lowest BCUT2D eigenvalue weighted by atomic mass is 10.0. The highest BCUT2D eigenvalue weighted by Crippen LogP contribution is 2.14. The molecule has 0 atom stereocenters. The molecule has 2 N–H and O–H groups in total. The molecule has 4 heteroatoms. The Kier molecular flexibility index (Phi) is 3.34. The average molecular weight is 191 g/mol. The third kappa shape index (κ3) is 2.39. The SMILES string of the molecule is CC(C)c1ccnc(C(=N)OC=N)c1. The van der Waals surface area contributed by atoms with Crippen LogP contribution >= 0.6 is 0 Å². The number of nitrogens with one attached hydrogen (secondary N) is 2. The highest BCUT2D eigenvalue weighted by atomic mass is 16.5. The highest BCUT2D eigenvalue weighted by molar-refractivity contribution is 5.93. The maximum atomic E-state index is 7.43. The lowest BCUT2D eigenvalue weighted by molar-refractivity contribution is 0.558. The molecule has 0 radical (unpaired) electrons. The second kappa shape index (κ2) is 4.50. The zero-order valence-electron chi connectivity index (χ0n) is 8.24. The van der Waals surface area contributed by atoms with E-state index in [0.717, 1.165) is 12.0 Å². The number of ether oxygens (including phenoxy) is 1. The zero-order chi connectivity index (χ0) is 10.6. The summed E-state index contributed by atoms with van der Waals surface area (Å²) in [5, 5.41) is 14.1. The molecule has 14 heavy (non-hydrogen) atoms. The minimum atomic E-state index is -0.0949. The minimum absolute atomic E-state index is 0.0949. The molecule has 0 aliphatic heterocycles. The van der Waals surface area contributed by atoms with E-state index in [-0.39, 0.29) is 5.90 Å². The van der Waals surface area contributed by atoms with Gasteiger partial charge in [-0.25, -0.2) is 0 Å². The minimum Gasteiger partial charge on any atom is -0.426 e. The fourth-order valence-electron chi connectivity index (χ4n) is 1.05. The van der Waals surface area contributed by atoms with Gasteiger partial charge in [-0.3, -0.25) is 15.8 Å². The fourth-order valence-corrected chi connectivity index (χ4v) is 1.05. The van der Waals surface area contributed by atoms with Gasteiger partial charge < -0.3 is 4.74 Å². The molecule has 1 heterocycles. The Morgan fingerprint density at radius 1 is 1.57 bits per heavy atom. The Labute approximate surface area is 83.0 Å². The van der Waals surface area contributed by atoms with Gasteiger partial charge in [-0.1, -0.05) is 13.8 Å². The van der Waals surface area contributed by atoms with Crippen molar-refractivity contribution in [3.63, 3.8) is 0 Å². The summed E-state index contributed by atoms with van der Waals surface area (Å²) in [6, 6.07) is 3.71. The number of nitrogens with zero attached hydrogens (tertiary/aromatic N) is 1. The van der Waals surface area contributed by atoms with Crippen LogP contribution in [0.5, 0.6) is 0 Å². The summed E-state index contributed by atoms with van der Waals surface area (Å²) in [7, 11) is 0. The molecule has 0 fully saturated rings. The second-order valence-corrected chi connectivity index (χ2v) is 3.19. The van der Waals surface area contributed by atoms with E-state index >= 15 is 0 Å². The van der Waals surface area contributed by atoms with Crippen LogP contribution in [0, 0.1) is 10.8 Å². The van der Waals surface area contributed by atoms with Crippen molar-refractivity contribution in [2.24, 2.45) is 0 Å². The lowest BCUT2D eigenvalue weighted by Gasteiger charge is -2.06. The molecule has 0 spiro atoms. The summed E-state index contributed by atoms with van der Waals surface area (Å²) in [5.41, 5.74) is 1.56. The Morgan fingerprint density at radius 2 is 2.29 bits per heavy atom. The molecule has 1 aromatic heterocycles. The van der Waals surface area contributed by atoms with E-state index in [4.69, 9.17) is 10.8 Å². The molecule has 0 aliphatic rings. The molecule has 0 aromatic carbocycles. The summed E-state index contributed by atoms with van der Waals surface area (Å²) in [6.07, 6.45) is 2.37. The zero-order valence-corrected chi connectivity index (χ0v) is 8.24. The van der Waals surface area contributed by atoms with Crippen molar-refractivity contribution in [3.8, 4) is 0 Å². The van der Waals surface area contributed by atoms with E-state index in [9.17, 15) is 0 Å². The van der Waals surface area contributed by atoms with Crippen LogP contribution in [0.2, 0.25) is 0 Å². The highest BCUT2D eigenvalue weighted by Gasteiger charge is 2.06. The lowest BCUT2D eigenvalue weighted by Crippen LogP contribution is -2.06. The predicted molar refractivity (Wildman–Crippen MR) is 55.0 cm³/mol. The standard InChI is InChI=1S/C10H13N3O/c1-7(2)8-3-4-13-9(5-8)10(12)14-6-11/h3-7,11-12H,1-2H3. The topological polar surface area (TPSA) is 69.8 Å². The first kappa shape index (κ1) is 10.4. The van der Waals surface area contributed by atoms with Gasteiger partial charge in [0.25, 0.3) is 0 Å². The number of hydrogen-bond donors (Lipinski definition) is 2. The number of pyridine rings is 1. The van der Waals surface area contributed by atoms with Gasteiger partial charge in [-0.05, 0) is 23.6 Å². The third-order valence-electron chi connectivity index (χ3n) is 1.86. The van der Waals surface area contributed by atoms with Gasteiger partial charge in [0, 0.05) is 6.20 Å². The van der Waals surface area contributed by atoms with Gasteiger partial charge in [0.2, 0.25) is 5.90 Å². The summed E-state index contributed by atoms with van der Waals surface area (Å²) < 4.78 is 4.63. The van der Waals surface area contributed by atoms with Gasteiger partial charge in [-0.2, -0.15) is 0 Å². The molecule has 0 unspecified atom stereocenters. The third-order valence-corrected chi connectivity index (χ3v) is 1.86. The number of hydrogen-bond acceptors (Lipinski definition) is 4. The Balaban J connectivity index is 2.93. The molecular weight excluding hydrogens is 178 g/mol. The molecular formula is C10H13N3O. The molecule has 4 nitrogen and oxygen atoms in total. The first-order valence-corrected chi connectivity index (χ1v) is 4.35. The van der Waals surface area contributed by atoms with Crippen LogP contribution < -0.4 is 0 Å². The van der Waals surface area contributed by atoms with Crippen molar-refractivity contribution in [1.82, 2.24) is 4.98 Å². The van der Waals surface area contributed by atoms with Crippen molar-refractivity contribution in [2.75, 3.05) is 0 Å². The van der Waals surface area contributed by atoms with Crippen LogP contribution in [0.15, 0.2) is 18.3 Å². The molecule has 74 valence electrons. The summed E-state index contributed by atoms with van der Waals surface area (Å²) in [4.78, 5) is 3.99. The molecule has 0 saturated carbocycles. The summed E-state index contributed by atoms with van der Waals surface area (Å²) in [5.74, 6) is 0.298. The van der Waals surface area contributed by atoms with E-state index in [1.807, 2.05) is 6.07 Å². The van der Waals surface area contributed by atoms with Crippen molar-refractivity contribution in [1.29, 1.82) is 10.8 Å². The van der Waals surface area contributed by atoms with E-state index in [0.29, 0.717) is 11.6 Å². The number of rotatable bonds is 3. The van der Waals surface area contributed by atoms with E-state index in [1.165, 1.54) is 0 Å². The van der Waals surface area contributed by atoms with E-state index in [2.05, 4.69) is 23.6 Å². The quantitative estimate of drug-likeness (QED) is 0.567. The average Bonchev–Trinajstić information content (AvgIpc) is 2.18. The Bertz CT molecular complexity index is 347. The second-order valence-electron chi connectivity index (χ2n) is 3.19. The monoisotopic (exact) mass is 191 g/mol. The van der Waals surface area contributed by atoms with Crippen LogP contribution in [-0.4, -0.2) is 17.3 Å². The van der Waals surface area contributed by atoms with Gasteiger partial charge >= 0.3 is 0 Å². The molecule has 1 aromatic rings. The van der Waals surface area contributed by atoms with Gasteiger partial charge in [0.15, 0.2) is 6.40 Å². The first-order valence-electron chi connectivity index (χ1n) is 4.35. The summed E-state index contributed by atoms with van der Waals surface area (Å²) in [6.45, 7) is 4.14. The van der Waals surface area contributed by atoms with Gasteiger partial charge in [0.1, 0.15) is 5.69 Å². The van der Waals surface area contributed by atoms with Crippen LogP contribution in [-0.2, 0) is 4.74 Å². The predicted octanol–water partition coefficient (Wildman–Crippen LogP) is 2.15. The van der Waals surface area contributed by atoms with Gasteiger partial charge in [0.05, 0.1) is 0 Å². The van der Waals surface area contributed by atoms with Gasteiger partial charge in [-0.15, -0.1) is 0 Å². The van der Waals surface area contributed by atoms with Crippen molar-refractivity contribution in [3.05, 3.63) is 29.6 Å². The Morgan fingerprint density at radius 3 is 2.86 bits per heavy atom. The van der Waals surface area contributed by atoms with E-state index < -0.39 is 0 Å². The first-order chi connectivity index (χ1) is 6.65. The number of aromatic nitrogens is 1. The maximum Gasteiger partial charge on any atom is 0.239 e. The molecule has 1 rings (SSSR count). The maximum absolute atomic E-state index is 7.43. The summed E-state index contributed by atoms with van der Waals surface area (Å²) >= 11 is 0. The van der Waals surface area contributed by atoms with E-state index in [1.54, 1.807) is 12.3 Å². The van der Waals surface area contributed by atoms with Crippen molar-refractivity contribution >= 4 is 12.3 Å². The normalized spacial score (nSPS) is 9.93. The largest absolute Gasteiger partial charge is 0.426 e. The molecule has 0 amide bonds. The van der Waals surface area contributed by atoms with Crippen molar-refractivity contribution < 1.29 is 4.74 Å². The molecule has 0 aliphatic carbocycles. The fraction of sp³-hybridized carbons (Fsp3) is 0.300. The van der Waals surface area contributed by atoms with Crippen molar-refractivity contribution in [2.45, 2.75) is 19.8 Å². The Hall–Kier alpha value is -1.71. The van der Waals surface area contributed by atoms with Crippen LogP contribution in [0.1, 0.15) is 31.0 Å². The van der Waals surface area contributed by atoms with Crippen LogP contribution in [0.25, 0.3) is 0 Å². The molecule has 0 saturated heterocycles. The van der Waals surface area contributed by atoms with Crippen LogP contribution in [0.3, 0.4) is 0 Å².